The standard InChI is InChI=1S/C14H16N2O4S/c1-19-9-10-4-2-5-11(8-10)20-12-6-3-7-13(14(12)15)21(16,17)18/h2-8H,9,15H2,1H3,(H2,16,17,18). The summed E-state index contributed by atoms with van der Waals surface area (Å²) >= 11 is 0. The summed E-state index contributed by atoms with van der Waals surface area (Å²) in [4.78, 5) is -0.159. The van der Waals surface area contributed by atoms with Crippen molar-refractivity contribution in [1.82, 2.24) is 0 Å². The van der Waals surface area contributed by atoms with E-state index >= 15 is 0 Å². The molecule has 0 aliphatic rings. The summed E-state index contributed by atoms with van der Waals surface area (Å²) in [7, 11) is -2.29. The average molecular weight is 308 g/mol. The first-order valence-corrected chi connectivity index (χ1v) is 7.63. The molecular formula is C14H16N2O4S. The Labute approximate surface area is 123 Å². The van der Waals surface area contributed by atoms with Crippen LogP contribution in [0.5, 0.6) is 11.5 Å². The van der Waals surface area contributed by atoms with E-state index in [0.29, 0.717) is 12.4 Å². The number of hydrogen-bond donors (Lipinski definition) is 2. The number of sulfonamides is 1. The van der Waals surface area contributed by atoms with Crippen molar-refractivity contribution in [2.24, 2.45) is 5.14 Å². The van der Waals surface area contributed by atoms with Crippen LogP contribution in [-0.2, 0) is 21.4 Å². The Morgan fingerprint density at radius 2 is 1.86 bits per heavy atom. The largest absolute Gasteiger partial charge is 0.455 e. The zero-order valence-corrected chi connectivity index (χ0v) is 12.3. The highest BCUT2D eigenvalue weighted by molar-refractivity contribution is 7.89. The minimum Gasteiger partial charge on any atom is -0.455 e. The van der Waals surface area contributed by atoms with E-state index in [9.17, 15) is 8.42 Å². The van der Waals surface area contributed by atoms with Crippen molar-refractivity contribution in [3.05, 3.63) is 48.0 Å². The van der Waals surface area contributed by atoms with Gasteiger partial charge in [-0.05, 0) is 29.8 Å². The van der Waals surface area contributed by atoms with Crippen LogP contribution in [0, 0.1) is 0 Å². The second-order valence-corrected chi connectivity index (χ2v) is 5.93. The minimum atomic E-state index is -3.89. The van der Waals surface area contributed by atoms with E-state index in [1.54, 1.807) is 25.3 Å². The number of hydrogen-bond acceptors (Lipinski definition) is 5. The Balaban J connectivity index is 2.34. The highest BCUT2D eigenvalue weighted by Gasteiger charge is 2.16. The molecule has 2 aromatic carbocycles. The molecule has 0 atom stereocenters. The van der Waals surface area contributed by atoms with E-state index in [1.807, 2.05) is 12.1 Å². The second-order valence-electron chi connectivity index (χ2n) is 4.40. The minimum absolute atomic E-state index is 0.0165. The zero-order chi connectivity index (χ0) is 15.5. The molecule has 0 fully saturated rings. The molecule has 0 aromatic heterocycles. The van der Waals surface area contributed by atoms with Gasteiger partial charge in [0.2, 0.25) is 10.0 Å². The molecule has 0 saturated heterocycles. The number of benzene rings is 2. The summed E-state index contributed by atoms with van der Waals surface area (Å²) in [5.74, 6) is 0.763. The van der Waals surface area contributed by atoms with Crippen molar-refractivity contribution >= 4 is 15.7 Å². The van der Waals surface area contributed by atoms with E-state index in [-0.39, 0.29) is 16.3 Å². The molecule has 0 saturated carbocycles. The Morgan fingerprint density at radius 3 is 2.52 bits per heavy atom. The number of para-hydroxylation sites is 1. The molecule has 2 rings (SSSR count). The summed E-state index contributed by atoms with van der Waals surface area (Å²) in [6, 6.07) is 11.6. The van der Waals surface area contributed by atoms with Gasteiger partial charge in [-0.2, -0.15) is 0 Å². The molecule has 0 heterocycles. The van der Waals surface area contributed by atoms with E-state index < -0.39 is 10.0 Å². The van der Waals surface area contributed by atoms with Crippen LogP contribution in [0.1, 0.15) is 5.56 Å². The van der Waals surface area contributed by atoms with E-state index in [2.05, 4.69) is 0 Å². The molecule has 2 aromatic rings. The lowest BCUT2D eigenvalue weighted by molar-refractivity contribution is 0.184. The maximum atomic E-state index is 11.4. The SMILES string of the molecule is COCc1cccc(Oc2cccc(S(N)(=O)=O)c2N)c1. The van der Waals surface area contributed by atoms with Gasteiger partial charge < -0.3 is 15.2 Å². The molecular weight excluding hydrogens is 292 g/mol. The van der Waals surface area contributed by atoms with Crippen LogP contribution in [0.2, 0.25) is 0 Å². The maximum absolute atomic E-state index is 11.4. The number of anilines is 1. The number of primary sulfonamides is 1. The number of methoxy groups -OCH3 is 1. The summed E-state index contributed by atoms with van der Waals surface area (Å²) in [6.45, 7) is 0.448. The van der Waals surface area contributed by atoms with Gasteiger partial charge in [-0.3, -0.25) is 0 Å². The normalized spacial score (nSPS) is 11.3. The van der Waals surface area contributed by atoms with Crippen LogP contribution in [-0.4, -0.2) is 15.5 Å². The van der Waals surface area contributed by atoms with E-state index in [1.165, 1.54) is 12.1 Å². The lowest BCUT2D eigenvalue weighted by Crippen LogP contribution is -2.14. The van der Waals surface area contributed by atoms with Crippen LogP contribution < -0.4 is 15.6 Å². The smallest absolute Gasteiger partial charge is 0.240 e. The fourth-order valence-electron chi connectivity index (χ4n) is 1.85. The van der Waals surface area contributed by atoms with Gasteiger partial charge in [-0.15, -0.1) is 0 Å². The van der Waals surface area contributed by atoms with Crippen LogP contribution in [0.15, 0.2) is 47.4 Å². The highest BCUT2D eigenvalue weighted by Crippen LogP contribution is 2.32. The Kier molecular flexibility index (Phi) is 4.46. The van der Waals surface area contributed by atoms with Gasteiger partial charge in [0.1, 0.15) is 10.6 Å². The summed E-state index contributed by atoms with van der Waals surface area (Å²) in [5, 5.41) is 5.10. The Hall–Kier alpha value is -2.09. The number of ether oxygens (including phenoxy) is 2. The number of nitrogen functional groups attached to an aromatic ring is 1. The van der Waals surface area contributed by atoms with Crippen LogP contribution >= 0.6 is 0 Å². The van der Waals surface area contributed by atoms with Crippen molar-refractivity contribution in [1.29, 1.82) is 0 Å². The summed E-state index contributed by atoms with van der Waals surface area (Å²) in [6.07, 6.45) is 0. The maximum Gasteiger partial charge on any atom is 0.240 e. The molecule has 0 amide bonds. The van der Waals surface area contributed by atoms with Crippen molar-refractivity contribution in [3.63, 3.8) is 0 Å². The van der Waals surface area contributed by atoms with Crippen molar-refractivity contribution in [3.8, 4) is 11.5 Å². The third-order valence-electron chi connectivity index (χ3n) is 2.77. The molecule has 0 unspecified atom stereocenters. The van der Waals surface area contributed by atoms with Crippen LogP contribution in [0.25, 0.3) is 0 Å². The first kappa shape index (κ1) is 15.3. The van der Waals surface area contributed by atoms with Crippen molar-refractivity contribution in [2.45, 2.75) is 11.5 Å². The van der Waals surface area contributed by atoms with Gasteiger partial charge in [-0.1, -0.05) is 18.2 Å². The molecule has 0 radical (unpaired) electrons. The Bertz CT molecular complexity index is 744. The molecule has 6 nitrogen and oxygen atoms in total. The van der Waals surface area contributed by atoms with Crippen molar-refractivity contribution in [2.75, 3.05) is 12.8 Å². The first-order chi connectivity index (χ1) is 9.91. The van der Waals surface area contributed by atoms with Gasteiger partial charge >= 0.3 is 0 Å². The predicted molar refractivity (Wildman–Crippen MR) is 79.5 cm³/mol. The molecule has 112 valence electrons. The van der Waals surface area contributed by atoms with E-state index in [0.717, 1.165) is 5.56 Å². The average Bonchev–Trinajstić information content (AvgIpc) is 2.41. The molecule has 4 N–H and O–H groups in total. The van der Waals surface area contributed by atoms with Gasteiger partial charge in [-0.25, -0.2) is 13.6 Å². The van der Waals surface area contributed by atoms with Crippen LogP contribution in [0.4, 0.5) is 5.69 Å². The molecule has 7 heteroatoms. The lowest BCUT2D eigenvalue weighted by atomic mass is 10.2. The lowest BCUT2D eigenvalue weighted by Gasteiger charge is -2.11. The molecule has 0 aliphatic carbocycles. The molecule has 0 aliphatic heterocycles. The number of rotatable bonds is 5. The zero-order valence-electron chi connectivity index (χ0n) is 11.4. The highest BCUT2D eigenvalue weighted by atomic mass is 32.2. The monoisotopic (exact) mass is 308 g/mol. The summed E-state index contributed by atoms with van der Waals surface area (Å²) in [5.41, 5.74) is 6.72. The van der Waals surface area contributed by atoms with Crippen LogP contribution in [0.3, 0.4) is 0 Å². The second kappa shape index (κ2) is 6.13. The molecule has 21 heavy (non-hydrogen) atoms. The Morgan fingerprint density at radius 1 is 1.14 bits per heavy atom. The van der Waals surface area contributed by atoms with Gasteiger partial charge in [0.15, 0.2) is 5.75 Å². The molecule has 0 bridgehead atoms. The fraction of sp³-hybridized carbons (Fsp3) is 0.143. The predicted octanol–water partition coefficient (Wildman–Crippen LogP) is 1.85. The quantitative estimate of drug-likeness (QED) is 0.820. The summed E-state index contributed by atoms with van der Waals surface area (Å²) < 4.78 is 33.5. The third kappa shape index (κ3) is 3.72. The van der Waals surface area contributed by atoms with Gasteiger partial charge in [0.05, 0.1) is 12.3 Å². The van der Waals surface area contributed by atoms with Gasteiger partial charge in [0.25, 0.3) is 0 Å². The third-order valence-corrected chi connectivity index (χ3v) is 3.74. The van der Waals surface area contributed by atoms with E-state index in [4.69, 9.17) is 20.3 Å². The fourth-order valence-corrected chi connectivity index (χ4v) is 2.53. The molecule has 0 spiro atoms. The van der Waals surface area contributed by atoms with Gasteiger partial charge in [0, 0.05) is 7.11 Å². The van der Waals surface area contributed by atoms with Crippen molar-refractivity contribution < 1.29 is 17.9 Å². The number of nitrogens with two attached hydrogens (primary N) is 2. The first-order valence-electron chi connectivity index (χ1n) is 6.09. The topological polar surface area (TPSA) is 105 Å².